The van der Waals surface area contributed by atoms with Crippen molar-refractivity contribution in [3.8, 4) is 11.5 Å². The minimum absolute atomic E-state index is 0.0980. The summed E-state index contributed by atoms with van der Waals surface area (Å²) in [7, 11) is 3.21. The fourth-order valence-electron chi connectivity index (χ4n) is 2.52. The van der Waals surface area contributed by atoms with E-state index in [1.807, 2.05) is 34.9 Å². The Bertz CT molecular complexity index is 858. The van der Waals surface area contributed by atoms with Crippen LogP contribution in [-0.4, -0.2) is 36.1 Å². The minimum atomic E-state index is -0.0980. The number of aromatic nitrogens is 2. The highest BCUT2D eigenvalue weighted by atomic mass is 16.5. The van der Waals surface area contributed by atoms with Crippen molar-refractivity contribution in [1.82, 2.24) is 14.7 Å². The number of benzene rings is 1. The van der Waals surface area contributed by atoms with Crippen LogP contribution in [0.5, 0.6) is 11.5 Å². The van der Waals surface area contributed by atoms with E-state index in [0.29, 0.717) is 30.0 Å². The first kappa shape index (κ1) is 15.9. The van der Waals surface area contributed by atoms with Crippen LogP contribution in [0.15, 0.2) is 49.1 Å². The summed E-state index contributed by atoms with van der Waals surface area (Å²) in [4.78, 5) is 16.3. The second kappa shape index (κ2) is 7.04. The van der Waals surface area contributed by atoms with Gasteiger partial charge < -0.3 is 19.2 Å². The van der Waals surface area contributed by atoms with Crippen LogP contribution in [-0.2, 0) is 6.42 Å². The van der Waals surface area contributed by atoms with E-state index in [-0.39, 0.29) is 5.91 Å². The number of nitrogens with one attached hydrogen (secondary N) is 1. The van der Waals surface area contributed by atoms with Gasteiger partial charge in [-0.25, -0.2) is 4.98 Å². The first-order valence-corrected chi connectivity index (χ1v) is 7.62. The van der Waals surface area contributed by atoms with Crippen molar-refractivity contribution in [2.45, 2.75) is 6.42 Å². The molecule has 0 aliphatic rings. The molecule has 124 valence electrons. The summed E-state index contributed by atoms with van der Waals surface area (Å²) in [6.07, 6.45) is 5.96. The van der Waals surface area contributed by atoms with Gasteiger partial charge >= 0.3 is 0 Å². The smallest absolute Gasteiger partial charge is 0.251 e. The summed E-state index contributed by atoms with van der Waals surface area (Å²) in [6.45, 7) is 0.540. The van der Waals surface area contributed by atoms with Gasteiger partial charge in [-0.2, -0.15) is 0 Å². The molecule has 3 rings (SSSR count). The molecular weight excluding hydrogens is 306 g/mol. The van der Waals surface area contributed by atoms with Crippen molar-refractivity contribution in [2.75, 3.05) is 20.8 Å². The Morgan fingerprint density at radius 1 is 1.17 bits per heavy atom. The number of methoxy groups -OCH3 is 2. The van der Waals surface area contributed by atoms with E-state index < -0.39 is 0 Å². The predicted octanol–water partition coefficient (Wildman–Crippen LogP) is 2.32. The number of carbonyl (C=O) groups is 1. The largest absolute Gasteiger partial charge is 0.493 e. The lowest BCUT2D eigenvalue weighted by atomic mass is 10.1. The minimum Gasteiger partial charge on any atom is -0.493 e. The van der Waals surface area contributed by atoms with Crippen LogP contribution in [0.4, 0.5) is 0 Å². The van der Waals surface area contributed by atoms with Gasteiger partial charge in [0, 0.05) is 18.3 Å². The van der Waals surface area contributed by atoms with Crippen molar-refractivity contribution in [2.24, 2.45) is 0 Å². The highest BCUT2D eigenvalue weighted by Gasteiger charge is 2.08. The average Bonchev–Trinajstić information content (AvgIpc) is 3.09. The van der Waals surface area contributed by atoms with Gasteiger partial charge in [0.15, 0.2) is 11.5 Å². The molecule has 6 heteroatoms. The number of fused-ring (bicyclic) bond motifs is 1. The molecule has 1 amide bonds. The normalized spacial score (nSPS) is 10.6. The van der Waals surface area contributed by atoms with E-state index >= 15 is 0 Å². The third-order valence-corrected chi connectivity index (χ3v) is 3.82. The number of carbonyl (C=O) groups excluding carboxylic acids is 1. The average molecular weight is 325 g/mol. The van der Waals surface area contributed by atoms with E-state index in [4.69, 9.17) is 9.47 Å². The van der Waals surface area contributed by atoms with E-state index in [0.717, 1.165) is 11.1 Å². The highest BCUT2D eigenvalue weighted by Crippen LogP contribution is 2.27. The highest BCUT2D eigenvalue weighted by molar-refractivity contribution is 5.95. The fraction of sp³-hybridized carbons (Fsp3) is 0.222. The van der Waals surface area contributed by atoms with Crippen LogP contribution in [0.1, 0.15) is 15.9 Å². The maximum absolute atomic E-state index is 12.2. The van der Waals surface area contributed by atoms with Gasteiger partial charge in [-0.1, -0.05) is 6.07 Å². The molecule has 2 aromatic heterocycles. The molecule has 1 N–H and O–H groups in total. The molecule has 0 unspecified atom stereocenters. The van der Waals surface area contributed by atoms with Gasteiger partial charge in [0.2, 0.25) is 0 Å². The summed E-state index contributed by atoms with van der Waals surface area (Å²) in [6, 6.07) is 9.35. The maximum atomic E-state index is 12.2. The van der Waals surface area contributed by atoms with Crippen LogP contribution >= 0.6 is 0 Å². The second-order valence-electron chi connectivity index (χ2n) is 5.34. The molecule has 0 aliphatic carbocycles. The zero-order valence-corrected chi connectivity index (χ0v) is 13.7. The van der Waals surface area contributed by atoms with Gasteiger partial charge in [-0.15, -0.1) is 0 Å². The number of rotatable bonds is 6. The molecule has 0 spiro atoms. The SMILES string of the molecule is COc1ccc(CCNC(=O)c2ccn3cncc3c2)cc1OC. The first-order valence-electron chi connectivity index (χ1n) is 7.62. The molecule has 0 saturated carbocycles. The van der Waals surface area contributed by atoms with Crippen LogP contribution in [0.2, 0.25) is 0 Å². The van der Waals surface area contributed by atoms with Crippen molar-refractivity contribution >= 4 is 11.4 Å². The number of nitrogens with zero attached hydrogens (tertiary/aromatic N) is 2. The Hall–Kier alpha value is -3.02. The summed E-state index contributed by atoms with van der Waals surface area (Å²) < 4.78 is 12.4. The van der Waals surface area contributed by atoms with Gasteiger partial charge in [0.05, 0.1) is 32.3 Å². The molecule has 0 radical (unpaired) electrons. The first-order chi connectivity index (χ1) is 11.7. The lowest BCUT2D eigenvalue weighted by molar-refractivity contribution is 0.0954. The van der Waals surface area contributed by atoms with Crippen LogP contribution in [0.25, 0.3) is 5.52 Å². The molecule has 0 saturated heterocycles. The monoisotopic (exact) mass is 325 g/mol. The lowest BCUT2D eigenvalue weighted by Gasteiger charge is -2.10. The number of hydrogen-bond acceptors (Lipinski definition) is 4. The Kier molecular flexibility index (Phi) is 4.65. The van der Waals surface area contributed by atoms with E-state index in [2.05, 4.69) is 10.3 Å². The van der Waals surface area contributed by atoms with Gasteiger partial charge in [0.1, 0.15) is 0 Å². The molecule has 0 atom stereocenters. The predicted molar refractivity (Wildman–Crippen MR) is 90.8 cm³/mol. The van der Waals surface area contributed by atoms with E-state index in [9.17, 15) is 4.79 Å². The zero-order chi connectivity index (χ0) is 16.9. The van der Waals surface area contributed by atoms with Crippen molar-refractivity contribution < 1.29 is 14.3 Å². The summed E-state index contributed by atoms with van der Waals surface area (Å²) >= 11 is 0. The van der Waals surface area contributed by atoms with Crippen LogP contribution in [0, 0.1) is 0 Å². The number of pyridine rings is 1. The van der Waals surface area contributed by atoms with E-state index in [1.165, 1.54) is 0 Å². The third-order valence-electron chi connectivity index (χ3n) is 3.82. The number of hydrogen-bond donors (Lipinski definition) is 1. The Balaban J connectivity index is 1.60. The number of ether oxygens (including phenoxy) is 2. The van der Waals surface area contributed by atoms with Gasteiger partial charge in [-0.05, 0) is 36.2 Å². The Labute approximate surface area is 140 Å². The van der Waals surface area contributed by atoms with Gasteiger partial charge in [0.25, 0.3) is 5.91 Å². The third kappa shape index (κ3) is 3.32. The molecule has 3 aromatic rings. The molecule has 6 nitrogen and oxygen atoms in total. The molecule has 2 heterocycles. The van der Waals surface area contributed by atoms with Crippen LogP contribution in [0.3, 0.4) is 0 Å². The standard InChI is InChI=1S/C18H19N3O3/c1-23-16-4-3-13(9-17(16)24-2)5-7-20-18(22)14-6-8-21-12-19-11-15(21)10-14/h3-4,6,8-12H,5,7H2,1-2H3,(H,20,22). The lowest BCUT2D eigenvalue weighted by Crippen LogP contribution is -2.25. The van der Waals surface area contributed by atoms with E-state index in [1.54, 1.807) is 32.8 Å². The molecular formula is C18H19N3O3. The van der Waals surface area contributed by atoms with Crippen molar-refractivity contribution in [1.29, 1.82) is 0 Å². The topological polar surface area (TPSA) is 64.9 Å². The quantitative estimate of drug-likeness (QED) is 0.755. The molecule has 0 bridgehead atoms. The number of amides is 1. The molecule has 0 aliphatic heterocycles. The summed E-state index contributed by atoms with van der Waals surface area (Å²) in [5.74, 6) is 1.28. The second-order valence-corrected chi connectivity index (χ2v) is 5.34. The Morgan fingerprint density at radius 2 is 2.00 bits per heavy atom. The Morgan fingerprint density at radius 3 is 2.79 bits per heavy atom. The molecule has 0 fully saturated rings. The van der Waals surface area contributed by atoms with Gasteiger partial charge in [-0.3, -0.25) is 4.79 Å². The molecule has 24 heavy (non-hydrogen) atoms. The fourth-order valence-corrected chi connectivity index (χ4v) is 2.52. The maximum Gasteiger partial charge on any atom is 0.251 e. The van der Waals surface area contributed by atoms with Crippen LogP contribution < -0.4 is 14.8 Å². The summed E-state index contributed by atoms with van der Waals surface area (Å²) in [5, 5.41) is 2.93. The zero-order valence-electron chi connectivity index (χ0n) is 13.7. The van der Waals surface area contributed by atoms with Crippen molar-refractivity contribution in [3.63, 3.8) is 0 Å². The number of imidazole rings is 1. The summed E-state index contributed by atoms with van der Waals surface area (Å²) in [5.41, 5.74) is 2.58. The molecule has 1 aromatic carbocycles. The van der Waals surface area contributed by atoms with Crippen molar-refractivity contribution in [3.05, 3.63) is 60.2 Å².